The minimum atomic E-state index is -2.65. The number of anilines is 1. The van der Waals surface area contributed by atoms with E-state index >= 15 is 0 Å². The minimum absolute atomic E-state index is 0.0180. The van der Waals surface area contributed by atoms with E-state index in [1.54, 1.807) is 6.07 Å². The van der Waals surface area contributed by atoms with Crippen LogP contribution in [-0.2, 0) is 11.3 Å². The highest BCUT2D eigenvalue weighted by molar-refractivity contribution is 6.36. The van der Waals surface area contributed by atoms with Gasteiger partial charge < -0.3 is 24.7 Å². The zero-order valence-electron chi connectivity index (χ0n) is 26.4. The van der Waals surface area contributed by atoms with Crippen molar-refractivity contribution in [1.82, 2.24) is 15.2 Å². The van der Waals surface area contributed by atoms with Crippen molar-refractivity contribution in [3.05, 3.63) is 56.0 Å². The first-order valence-corrected chi connectivity index (χ1v) is 16.2. The van der Waals surface area contributed by atoms with Gasteiger partial charge in [0.15, 0.2) is 0 Å². The number of H-pyrrole nitrogens is 1. The van der Waals surface area contributed by atoms with Gasteiger partial charge in [0.2, 0.25) is 5.92 Å². The second-order valence-corrected chi connectivity index (χ2v) is 13.3. The number of aromatic nitrogens is 1. The first-order valence-electron chi connectivity index (χ1n) is 15.8. The van der Waals surface area contributed by atoms with Gasteiger partial charge in [-0.15, -0.1) is 0 Å². The van der Waals surface area contributed by atoms with E-state index in [0.717, 1.165) is 37.2 Å². The molecule has 8 nitrogen and oxygen atoms in total. The van der Waals surface area contributed by atoms with Gasteiger partial charge in [-0.25, -0.2) is 8.78 Å². The molecule has 1 aromatic heterocycles. The van der Waals surface area contributed by atoms with Gasteiger partial charge in [0.05, 0.1) is 28.5 Å². The van der Waals surface area contributed by atoms with Crippen LogP contribution in [0.3, 0.4) is 0 Å². The zero-order chi connectivity index (χ0) is 31.8. The molecule has 3 aliphatic rings. The average Bonchev–Trinajstić information content (AvgIpc) is 2.91. The molecular weight excluding hydrogens is 590 g/mol. The number of aromatic amines is 1. The summed E-state index contributed by atoms with van der Waals surface area (Å²) in [5, 5.41) is 3.11. The predicted octanol–water partition coefficient (Wildman–Crippen LogP) is 6.00. The number of halogens is 3. The van der Waals surface area contributed by atoms with E-state index in [2.05, 4.69) is 29.0 Å². The van der Waals surface area contributed by atoms with E-state index < -0.39 is 11.8 Å². The fraction of sp³-hybridized carbons (Fsp3) is 0.636. The van der Waals surface area contributed by atoms with Crippen LogP contribution in [0, 0.1) is 13.8 Å². The molecule has 1 amide bonds. The Bertz CT molecular complexity index is 1390. The number of carbonyl (C=O) groups is 1. The number of benzene rings is 1. The summed E-state index contributed by atoms with van der Waals surface area (Å²) in [4.78, 5) is 33.4. The lowest BCUT2D eigenvalue weighted by Gasteiger charge is -2.47. The molecule has 242 valence electrons. The Morgan fingerprint density at radius 1 is 1.16 bits per heavy atom. The number of alkyl halides is 2. The van der Waals surface area contributed by atoms with Gasteiger partial charge in [-0.05, 0) is 65.2 Å². The largest absolute Gasteiger partial charge is 0.490 e. The standard InChI is InChI=1S/C33H45ClF2N4O4/c1-6-40(23-7-9-33(35,36)10-8-23)29-15-26(44-25-12-24(13-25)39-17-21(4)43-22(5)18-39)14-27(30(29)34)31(41)37-16-28-19(2)11-20(3)38-32(28)42/h11,14-15,21-25H,6-10,12-13,16-18H2,1-5H3,(H,37,41)(H,38,42)/t21-,22+,24?,25?. The third kappa shape index (κ3) is 7.40. The molecule has 1 aliphatic heterocycles. The highest BCUT2D eigenvalue weighted by atomic mass is 35.5. The Kier molecular flexibility index (Phi) is 9.92. The van der Waals surface area contributed by atoms with E-state index in [4.69, 9.17) is 21.1 Å². The molecule has 11 heteroatoms. The lowest BCUT2D eigenvalue weighted by molar-refractivity contribution is -0.103. The number of hydrogen-bond donors (Lipinski definition) is 2. The molecule has 2 saturated carbocycles. The molecule has 2 N–H and O–H groups in total. The normalized spacial score (nSPS) is 25.7. The van der Waals surface area contributed by atoms with Gasteiger partial charge in [-0.2, -0.15) is 0 Å². The number of rotatable bonds is 9. The van der Waals surface area contributed by atoms with E-state index in [1.165, 1.54) is 0 Å². The van der Waals surface area contributed by atoms with Crippen LogP contribution in [0.15, 0.2) is 23.0 Å². The van der Waals surface area contributed by atoms with Crippen molar-refractivity contribution in [3.8, 4) is 5.75 Å². The molecule has 2 aliphatic carbocycles. The van der Waals surface area contributed by atoms with Gasteiger partial charge in [0.1, 0.15) is 11.9 Å². The highest BCUT2D eigenvalue weighted by Gasteiger charge is 2.39. The lowest BCUT2D eigenvalue weighted by atomic mass is 9.87. The van der Waals surface area contributed by atoms with Crippen LogP contribution >= 0.6 is 11.6 Å². The number of nitrogens with one attached hydrogen (secondary N) is 2. The average molecular weight is 635 g/mol. The van der Waals surface area contributed by atoms with Gasteiger partial charge >= 0.3 is 0 Å². The third-order valence-corrected chi connectivity index (χ3v) is 9.70. The van der Waals surface area contributed by atoms with Crippen molar-refractivity contribution in [2.75, 3.05) is 24.5 Å². The molecule has 0 unspecified atom stereocenters. The smallest absolute Gasteiger partial charge is 0.253 e. The summed E-state index contributed by atoms with van der Waals surface area (Å²) in [7, 11) is 0. The van der Waals surface area contributed by atoms with E-state index in [-0.39, 0.29) is 59.9 Å². The SMILES string of the molecule is CCN(c1cc(OC2CC(N3C[C@@H](C)O[C@@H](C)C3)C2)cc(C(=O)NCc2c(C)cc(C)[nH]c2=O)c1Cl)C1CCC(F)(F)CC1. The first kappa shape index (κ1) is 32.7. The van der Waals surface area contributed by atoms with Gasteiger partial charge in [-0.3, -0.25) is 14.5 Å². The Morgan fingerprint density at radius 2 is 1.82 bits per heavy atom. The van der Waals surface area contributed by atoms with Crippen LogP contribution in [-0.4, -0.2) is 71.7 Å². The van der Waals surface area contributed by atoms with Gasteiger partial charge in [-0.1, -0.05) is 11.6 Å². The predicted molar refractivity (Wildman–Crippen MR) is 168 cm³/mol. The van der Waals surface area contributed by atoms with Crippen LogP contribution in [0.1, 0.15) is 86.5 Å². The summed E-state index contributed by atoms with van der Waals surface area (Å²) in [6, 6.07) is 5.64. The number of carbonyl (C=O) groups excluding carboxylic acids is 1. The summed E-state index contributed by atoms with van der Waals surface area (Å²) in [5.41, 5.74) is 2.58. The van der Waals surface area contributed by atoms with Crippen molar-refractivity contribution in [2.24, 2.45) is 0 Å². The number of amides is 1. The first-order chi connectivity index (χ1) is 20.8. The maximum Gasteiger partial charge on any atom is 0.253 e. The minimum Gasteiger partial charge on any atom is -0.490 e. The number of hydrogen-bond acceptors (Lipinski definition) is 6. The lowest BCUT2D eigenvalue weighted by Crippen LogP contribution is -2.56. The summed E-state index contributed by atoms with van der Waals surface area (Å²) in [6.45, 7) is 12.2. The second kappa shape index (κ2) is 13.3. The van der Waals surface area contributed by atoms with Crippen molar-refractivity contribution in [2.45, 2.75) is 116 Å². The molecule has 5 rings (SSSR count). The summed E-state index contributed by atoms with van der Waals surface area (Å²) in [5.74, 6) is -2.57. The number of morpholine rings is 1. The molecular formula is C33H45ClF2N4O4. The van der Waals surface area contributed by atoms with Crippen LogP contribution in [0.2, 0.25) is 5.02 Å². The van der Waals surface area contributed by atoms with Crippen LogP contribution in [0.4, 0.5) is 14.5 Å². The fourth-order valence-corrected chi connectivity index (χ4v) is 7.30. The number of nitrogens with zero attached hydrogens (tertiary/aromatic N) is 2. The molecule has 0 radical (unpaired) electrons. The van der Waals surface area contributed by atoms with Crippen molar-refractivity contribution < 1.29 is 23.0 Å². The summed E-state index contributed by atoms with van der Waals surface area (Å²) < 4.78 is 40.4. The van der Waals surface area contributed by atoms with Crippen LogP contribution in [0.5, 0.6) is 5.75 Å². The number of pyridine rings is 1. The van der Waals surface area contributed by atoms with Crippen LogP contribution in [0.25, 0.3) is 0 Å². The quantitative estimate of drug-likeness (QED) is 0.352. The monoisotopic (exact) mass is 634 g/mol. The van der Waals surface area contributed by atoms with E-state index in [9.17, 15) is 18.4 Å². The fourth-order valence-electron chi connectivity index (χ4n) is 6.99. The Labute approximate surface area is 263 Å². The third-order valence-electron chi connectivity index (χ3n) is 9.31. The van der Waals surface area contributed by atoms with Gasteiger partial charge in [0.25, 0.3) is 11.5 Å². The maximum absolute atomic E-state index is 14.0. The molecule has 44 heavy (non-hydrogen) atoms. The second-order valence-electron chi connectivity index (χ2n) is 12.9. The maximum atomic E-state index is 14.0. The summed E-state index contributed by atoms with van der Waals surface area (Å²) >= 11 is 6.93. The highest BCUT2D eigenvalue weighted by Crippen LogP contribution is 2.41. The Hall–Kier alpha value is -2.69. The molecule has 0 bridgehead atoms. The molecule has 2 aromatic rings. The Balaban J connectivity index is 1.37. The molecule has 0 spiro atoms. The molecule has 2 heterocycles. The van der Waals surface area contributed by atoms with Crippen molar-refractivity contribution in [1.29, 1.82) is 0 Å². The zero-order valence-corrected chi connectivity index (χ0v) is 27.1. The molecule has 1 saturated heterocycles. The molecule has 2 atom stereocenters. The number of aryl methyl sites for hydroxylation is 2. The van der Waals surface area contributed by atoms with Gasteiger partial charge in [0, 0.05) is 81.3 Å². The number of ether oxygens (including phenoxy) is 2. The van der Waals surface area contributed by atoms with E-state index in [1.807, 2.05) is 37.8 Å². The molecule has 3 fully saturated rings. The topological polar surface area (TPSA) is 86.9 Å². The molecule has 1 aromatic carbocycles. The van der Waals surface area contributed by atoms with Crippen molar-refractivity contribution >= 4 is 23.2 Å². The van der Waals surface area contributed by atoms with Crippen molar-refractivity contribution in [3.63, 3.8) is 0 Å². The van der Waals surface area contributed by atoms with Crippen LogP contribution < -0.4 is 20.5 Å². The summed E-state index contributed by atoms with van der Waals surface area (Å²) in [6.07, 6.45) is 2.41. The van der Waals surface area contributed by atoms with E-state index in [0.29, 0.717) is 42.4 Å². The Morgan fingerprint density at radius 3 is 2.43 bits per heavy atom.